The predicted molar refractivity (Wildman–Crippen MR) is 113 cm³/mol. The molecule has 1 aromatic carbocycles. The van der Waals surface area contributed by atoms with E-state index in [1.165, 1.54) is 12.8 Å². The number of aromatic nitrogens is 2. The normalized spacial score (nSPS) is 27.9. The third-order valence-corrected chi connectivity index (χ3v) is 6.78. The highest BCUT2D eigenvalue weighted by Crippen LogP contribution is 2.53. The highest BCUT2D eigenvalue weighted by atomic mass is 35.5. The Hall–Kier alpha value is -1.55. The van der Waals surface area contributed by atoms with Gasteiger partial charge in [-0.05, 0) is 61.6 Å². The average molecular weight is 388 g/mol. The first-order chi connectivity index (χ1) is 12.6. The Morgan fingerprint density at radius 3 is 2.74 bits per heavy atom. The number of fused-ring (bicyclic) bond motifs is 3. The number of halogens is 1. The zero-order valence-corrected chi connectivity index (χ0v) is 17.8. The van der Waals surface area contributed by atoms with Crippen LogP contribution in [0.2, 0.25) is 5.02 Å². The zero-order chi connectivity index (χ0) is 19.6. The molecule has 0 radical (unpaired) electrons. The Kier molecular flexibility index (Phi) is 4.34. The lowest BCUT2D eigenvalue weighted by Crippen LogP contribution is -2.38. The van der Waals surface area contributed by atoms with Gasteiger partial charge in [-0.3, -0.25) is 9.36 Å². The van der Waals surface area contributed by atoms with Crippen molar-refractivity contribution < 1.29 is 0 Å². The predicted octanol–water partition coefficient (Wildman–Crippen LogP) is 5.43. The number of benzene rings is 1. The van der Waals surface area contributed by atoms with Gasteiger partial charge in [0.2, 0.25) is 5.95 Å². The van der Waals surface area contributed by atoms with Gasteiger partial charge < -0.3 is 4.90 Å². The minimum atomic E-state index is 0.0257. The largest absolute Gasteiger partial charge is 0.339 e. The van der Waals surface area contributed by atoms with Crippen LogP contribution in [0, 0.1) is 10.8 Å². The van der Waals surface area contributed by atoms with Gasteiger partial charge >= 0.3 is 0 Å². The van der Waals surface area contributed by atoms with Crippen molar-refractivity contribution in [1.82, 2.24) is 9.55 Å². The van der Waals surface area contributed by atoms with Crippen LogP contribution in [-0.4, -0.2) is 22.1 Å². The fourth-order valence-electron chi connectivity index (χ4n) is 5.64. The van der Waals surface area contributed by atoms with Crippen LogP contribution < -0.4 is 10.5 Å². The van der Waals surface area contributed by atoms with Gasteiger partial charge in [0, 0.05) is 23.7 Å². The minimum absolute atomic E-state index is 0.0257. The molecule has 4 nitrogen and oxygen atoms in total. The molecule has 1 saturated carbocycles. The van der Waals surface area contributed by atoms with Crippen molar-refractivity contribution in [2.24, 2.45) is 10.8 Å². The van der Waals surface area contributed by atoms with Crippen LogP contribution in [-0.2, 0) is 0 Å². The van der Waals surface area contributed by atoms with E-state index in [9.17, 15) is 4.79 Å². The Morgan fingerprint density at radius 1 is 1.30 bits per heavy atom. The summed E-state index contributed by atoms with van der Waals surface area (Å²) in [5, 5.41) is 1.19. The van der Waals surface area contributed by atoms with Crippen LogP contribution in [0.5, 0.6) is 0 Å². The van der Waals surface area contributed by atoms with E-state index in [2.05, 4.69) is 39.5 Å². The Balaban J connectivity index is 1.91. The molecule has 5 heteroatoms. The van der Waals surface area contributed by atoms with Crippen LogP contribution in [0.3, 0.4) is 0 Å². The molecule has 0 N–H and O–H groups in total. The van der Waals surface area contributed by atoms with Crippen LogP contribution in [0.15, 0.2) is 23.0 Å². The van der Waals surface area contributed by atoms with Gasteiger partial charge in [0.25, 0.3) is 5.56 Å². The first-order valence-corrected chi connectivity index (χ1v) is 10.5. The molecule has 0 amide bonds. The minimum Gasteiger partial charge on any atom is -0.339 e. The van der Waals surface area contributed by atoms with Gasteiger partial charge in [-0.1, -0.05) is 39.3 Å². The SMILES string of the molecule is CCC(C)n1c(N2CC3(C)CC2CC(C)(C)C3)nc2ccc(Cl)cc2c1=O. The molecule has 4 rings (SSSR count). The lowest BCUT2D eigenvalue weighted by Gasteiger charge is -2.39. The second kappa shape index (κ2) is 6.23. The van der Waals surface area contributed by atoms with Gasteiger partial charge in [0.05, 0.1) is 10.9 Å². The van der Waals surface area contributed by atoms with E-state index in [1.54, 1.807) is 6.07 Å². The molecule has 1 saturated heterocycles. The summed E-state index contributed by atoms with van der Waals surface area (Å²) < 4.78 is 1.91. The number of rotatable bonds is 3. The van der Waals surface area contributed by atoms with Crippen LogP contribution in [0.25, 0.3) is 10.9 Å². The van der Waals surface area contributed by atoms with Crippen molar-refractivity contribution in [1.29, 1.82) is 0 Å². The Labute approximate surface area is 166 Å². The van der Waals surface area contributed by atoms with E-state index in [0.29, 0.717) is 27.3 Å². The van der Waals surface area contributed by atoms with E-state index >= 15 is 0 Å². The molecule has 146 valence electrons. The molecule has 2 heterocycles. The summed E-state index contributed by atoms with van der Waals surface area (Å²) in [6.07, 6.45) is 4.45. The lowest BCUT2D eigenvalue weighted by atomic mass is 9.65. The van der Waals surface area contributed by atoms with Crippen molar-refractivity contribution in [2.75, 3.05) is 11.4 Å². The van der Waals surface area contributed by atoms with Gasteiger partial charge in [-0.15, -0.1) is 0 Å². The summed E-state index contributed by atoms with van der Waals surface area (Å²) in [5.41, 5.74) is 1.39. The van der Waals surface area contributed by atoms with E-state index in [1.807, 2.05) is 16.7 Å². The lowest BCUT2D eigenvalue weighted by molar-refractivity contribution is 0.136. The number of hydrogen-bond acceptors (Lipinski definition) is 3. The van der Waals surface area contributed by atoms with Gasteiger partial charge in [0.15, 0.2) is 0 Å². The smallest absolute Gasteiger partial charge is 0.263 e. The summed E-state index contributed by atoms with van der Waals surface area (Å²) in [4.78, 5) is 20.8. The summed E-state index contributed by atoms with van der Waals surface area (Å²) >= 11 is 6.16. The second-order valence-electron chi connectivity index (χ2n) is 9.85. The summed E-state index contributed by atoms with van der Waals surface area (Å²) in [7, 11) is 0. The molecule has 1 aliphatic heterocycles. The molecule has 27 heavy (non-hydrogen) atoms. The topological polar surface area (TPSA) is 38.1 Å². The van der Waals surface area contributed by atoms with E-state index < -0.39 is 0 Å². The third kappa shape index (κ3) is 3.16. The molecule has 2 bridgehead atoms. The standard InChI is InChI=1S/C22H30ClN3O/c1-6-14(2)26-19(27)17-9-15(23)7-8-18(17)24-20(26)25-13-22(5)11-16(25)10-21(3,4)12-22/h7-9,14,16H,6,10-13H2,1-5H3. The maximum Gasteiger partial charge on any atom is 0.263 e. The van der Waals surface area contributed by atoms with Crippen molar-refractivity contribution in [3.63, 3.8) is 0 Å². The number of nitrogens with zero attached hydrogens (tertiary/aromatic N) is 3. The molecule has 2 fully saturated rings. The van der Waals surface area contributed by atoms with Gasteiger partial charge in [-0.25, -0.2) is 4.98 Å². The second-order valence-corrected chi connectivity index (χ2v) is 10.3. The van der Waals surface area contributed by atoms with Gasteiger partial charge in [-0.2, -0.15) is 0 Å². The number of anilines is 1. The average Bonchev–Trinajstić information content (AvgIpc) is 2.83. The van der Waals surface area contributed by atoms with Crippen LogP contribution >= 0.6 is 11.6 Å². The maximum absolute atomic E-state index is 13.4. The molecule has 0 spiro atoms. The molecule has 2 aromatic rings. The summed E-state index contributed by atoms with van der Waals surface area (Å²) in [6, 6.07) is 6.00. The monoisotopic (exact) mass is 387 g/mol. The first kappa shape index (κ1) is 18.8. The van der Waals surface area contributed by atoms with Crippen molar-refractivity contribution in [2.45, 2.75) is 72.4 Å². The Bertz CT molecular complexity index is 950. The van der Waals surface area contributed by atoms with Crippen molar-refractivity contribution in [3.05, 3.63) is 33.6 Å². The molecule has 1 aliphatic carbocycles. The fourth-order valence-corrected chi connectivity index (χ4v) is 5.81. The van der Waals surface area contributed by atoms with Crippen molar-refractivity contribution in [3.8, 4) is 0 Å². The van der Waals surface area contributed by atoms with Crippen LogP contribution in [0.1, 0.15) is 66.3 Å². The van der Waals surface area contributed by atoms with Crippen molar-refractivity contribution >= 4 is 28.5 Å². The molecular formula is C22H30ClN3O. The van der Waals surface area contributed by atoms with Crippen LogP contribution in [0.4, 0.5) is 5.95 Å². The molecular weight excluding hydrogens is 358 g/mol. The van der Waals surface area contributed by atoms with E-state index in [-0.39, 0.29) is 11.6 Å². The first-order valence-electron chi connectivity index (χ1n) is 10.1. The van der Waals surface area contributed by atoms with E-state index in [0.717, 1.165) is 30.9 Å². The summed E-state index contributed by atoms with van der Waals surface area (Å²) in [5.74, 6) is 0.843. The Morgan fingerprint density at radius 2 is 2.04 bits per heavy atom. The molecule has 3 atom stereocenters. The summed E-state index contributed by atoms with van der Waals surface area (Å²) in [6.45, 7) is 12.3. The third-order valence-electron chi connectivity index (χ3n) is 6.55. The molecule has 1 aromatic heterocycles. The fraction of sp³-hybridized carbons (Fsp3) is 0.636. The quantitative estimate of drug-likeness (QED) is 0.705. The maximum atomic E-state index is 13.4. The highest BCUT2D eigenvalue weighted by Gasteiger charge is 2.50. The molecule has 3 unspecified atom stereocenters. The van der Waals surface area contributed by atoms with Gasteiger partial charge in [0.1, 0.15) is 0 Å². The number of hydrogen-bond donors (Lipinski definition) is 0. The van der Waals surface area contributed by atoms with E-state index in [4.69, 9.17) is 16.6 Å². The molecule has 2 aliphatic rings. The highest BCUT2D eigenvalue weighted by molar-refractivity contribution is 6.31. The zero-order valence-electron chi connectivity index (χ0n) is 17.1.